The third-order valence-electron chi connectivity index (χ3n) is 2.21. The Morgan fingerprint density at radius 2 is 1.83 bits per heavy atom. The first-order chi connectivity index (χ1) is 5.72. The van der Waals surface area contributed by atoms with E-state index in [2.05, 4.69) is 30.7 Å². The van der Waals surface area contributed by atoms with E-state index in [0.29, 0.717) is 6.04 Å². The zero-order valence-electron chi connectivity index (χ0n) is 9.04. The first-order valence-electron chi connectivity index (χ1n) is 4.97. The summed E-state index contributed by atoms with van der Waals surface area (Å²) in [4.78, 5) is 6.48. The van der Waals surface area contributed by atoms with Gasteiger partial charge in [-0.15, -0.1) is 0 Å². The Morgan fingerprint density at radius 1 is 1.25 bits per heavy atom. The maximum Gasteiger partial charge on any atom is 0.0853 e. The minimum absolute atomic E-state index is 0.645. The summed E-state index contributed by atoms with van der Waals surface area (Å²) in [6, 6.07) is 0.645. The van der Waals surface area contributed by atoms with Gasteiger partial charge in [0.2, 0.25) is 0 Å². The minimum atomic E-state index is 0.645. The molecule has 1 atom stereocenters. The van der Waals surface area contributed by atoms with Crippen LogP contribution in [0.2, 0.25) is 0 Å². The molecule has 1 aliphatic rings. The van der Waals surface area contributed by atoms with Gasteiger partial charge < -0.3 is 4.90 Å². The smallest absolute Gasteiger partial charge is 0.0853 e. The van der Waals surface area contributed by atoms with Crippen LogP contribution in [-0.4, -0.2) is 30.4 Å². The molecule has 0 saturated carbocycles. The summed E-state index contributed by atoms with van der Waals surface area (Å²) in [6.07, 6.45) is 1.98. The first kappa shape index (κ1) is 11.5. The second-order valence-corrected chi connectivity index (χ2v) is 3.24. The number of hydrogen-bond acceptors (Lipinski definition) is 2. The molecule has 2 heteroatoms. The van der Waals surface area contributed by atoms with Crippen molar-refractivity contribution in [3.8, 4) is 0 Å². The Bertz CT molecular complexity index is 130. The van der Waals surface area contributed by atoms with Crippen molar-refractivity contribution in [3.05, 3.63) is 0 Å². The molecule has 0 spiro atoms. The van der Waals surface area contributed by atoms with Gasteiger partial charge >= 0.3 is 0 Å². The van der Waals surface area contributed by atoms with E-state index in [1.807, 2.05) is 20.2 Å². The van der Waals surface area contributed by atoms with Crippen LogP contribution in [0.3, 0.4) is 0 Å². The summed E-state index contributed by atoms with van der Waals surface area (Å²) in [5.41, 5.74) is 0. The zero-order valence-corrected chi connectivity index (χ0v) is 9.04. The fourth-order valence-corrected chi connectivity index (χ4v) is 1.09. The topological polar surface area (TPSA) is 15.6 Å². The molecule has 72 valence electrons. The van der Waals surface area contributed by atoms with Gasteiger partial charge in [-0.25, -0.2) is 0 Å². The van der Waals surface area contributed by atoms with Crippen LogP contribution in [0.25, 0.3) is 0 Å². The fraction of sp³-hybridized carbons (Fsp3) is 0.900. The molecule has 1 unspecified atom stereocenters. The van der Waals surface area contributed by atoms with Crippen molar-refractivity contribution in [3.63, 3.8) is 0 Å². The molecule has 0 N–H and O–H groups in total. The van der Waals surface area contributed by atoms with E-state index in [1.54, 1.807) is 0 Å². The Hall–Kier alpha value is -0.530. The Balaban J connectivity index is 0.000000561. The van der Waals surface area contributed by atoms with Gasteiger partial charge in [0.05, 0.1) is 12.9 Å². The highest BCUT2D eigenvalue weighted by molar-refractivity contribution is 5.57. The lowest BCUT2D eigenvalue weighted by Crippen LogP contribution is -2.34. The van der Waals surface area contributed by atoms with Crippen LogP contribution in [0.5, 0.6) is 0 Å². The van der Waals surface area contributed by atoms with E-state index in [9.17, 15) is 0 Å². The molecule has 1 aliphatic heterocycles. The van der Waals surface area contributed by atoms with E-state index < -0.39 is 0 Å². The average Bonchev–Trinajstić information content (AvgIpc) is 2.58. The van der Waals surface area contributed by atoms with E-state index in [4.69, 9.17) is 0 Å². The van der Waals surface area contributed by atoms with Gasteiger partial charge in [-0.3, -0.25) is 4.99 Å². The van der Waals surface area contributed by atoms with Crippen molar-refractivity contribution in [2.45, 2.75) is 40.7 Å². The average molecular weight is 170 g/mol. The van der Waals surface area contributed by atoms with E-state index in [0.717, 1.165) is 19.0 Å². The molecule has 0 radical (unpaired) electrons. The van der Waals surface area contributed by atoms with Gasteiger partial charge in [-0.2, -0.15) is 0 Å². The second kappa shape index (κ2) is 6.04. The molecule has 0 aromatic heterocycles. The van der Waals surface area contributed by atoms with Gasteiger partial charge in [-0.1, -0.05) is 27.7 Å². The SMILES string of the molecule is CC.CC(C)C(C)N1C=NCC1. The standard InChI is InChI=1S/C8H16N2.C2H6/c1-7(2)8(3)10-5-4-9-6-10;1-2/h6-8H,4-5H2,1-3H3;1-2H3. The van der Waals surface area contributed by atoms with Gasteiger partial charge in [0.15, 0.2) is 0 Å². The van der Waals surface area contributed by atoms with Gasteiger partial charge in [0.1, 0.15) is 0 Å². The molecule has 0 aliphatic carbocycles. The summed E-state index contributed by atoms with van der Waals surface area (Å²) in [7, 11) is 0. The van der Waals surface area contributed by atoms with E-state index in [1.165, 1.54) is 0 Å². The normalized spacial score (nSPS) is 17.7. The number of hydrogen-bond donors (Lipinski definition) is 0. The third kappa shape index (κ3) is 3.24. The predicted octanol–water partition coefficient (Wildman–Crippen LogP) is 2.40. The quantitative estimate of drug-likeness (QED) is 0.621. The van der Waals surface area contributed by atoms with Crippen LogP contribution in [0, 0.1) is 5.92 Å². The summed E-state index contributed by atoms with van der Waals surface area (Å²) < 4.78 is 0. The summed E-state index contributed by atoms with van der Waals surface area (Å²) in [5.74, 6) is 0.726. The van der Waals surface area contributed by atoms with Gasteiger partial charge in [0, 0.05) is 12.6 Å². The van der Waals surface area contributed by atoms with Gasteiger partial charge in [-0.05, 0) is 12.8 Å². The summed E-state index contributed by atoms with van der Waals surface area (Å²) in [6.45, 7) is 12.8. The third-order valence-corrected chi connectivity index (χ3v) is 2.21. The molecule has 1 heterocycles. The fourth-order valence-electron chi connectivity index (χ4n) is 1.09. The van der Waals surface area contributed by atoms with Crippen LogP contribution in [0.4, 0.5) is 0 Å². The summed E-state index contributed by atoms with van der Waals surface area (Å²) in [5, 5.41) is 0. The molecule has 0 aromatic carbocycles. The lowest BCUT2D eigenvalue weighted by Gasteiger charge is -2.26. The lowest BCUT2D eigenvalue weighted by molar-refractivity contribution is 0.292. The van der Waals surface area contributed by atoms with Gasteiger partial charge in [0.25, 0.3) is 0 Å². The second-order valence-electron chi connectivity index (χ2n) is 3.24. The first-order valence-corrected chi connectivity index (χ1v) is 4.97. The highest BCUT2D eigenvalue weighted by Gasteiger charge is 2.15. The molecule has 0 amide bonds. The van der Waals surface area contributed by atoms with Crippen molar-refractivity contribution < 1.29 is 0 Å². The Labute approximate surface area is 76.7 Å². The predicted molar refractivity (Wildman–Crippen MR) is 55.7 cm³/mol. The van der Waals surface area contributed by atoms with Crippen LogP contribution in [0.15, 0.2) is 4.99 Å². The van der Waals surface area contributed by atoms with E-state index in [-0.39, 0.29) is 0 Å². The van der Waals surface area contributed by atoms with Crippen molar-refractivity contribution in [1.82, 2.24) is 4.90 Å². The molecule has 12 heavy (non-hydrogen) atoms. The van der Waals surface area contributed by atoms with Crippen LogP contribution >= 0.6 is 0 Å². The molecule has 0 saturated heterocycles. The molecule has 1 rings (SSSR count). The monoisotopic (exact) mass is 170 g/mol. The molecular weight excluding hydrogens is 148 g/mol. The summed E-state index contributed by atoms with van der Waals surface area (Å²) >= 11 is 0. The van der Waals surface area contributed by atoms with Crippen molar-refractivity contribution in [2.75, 3.05) is 13.1 Å². The van der Waals surface area contributed by atoms with Crippen molar-refractivity contribution >= 4 is 6.34 Å². The van der Waals surface area contributed by atoms with Crippen LogP contribution in [0.1, 0.15) is 34.6 Å². The molecular formula is C10H22N2. The molecule has 0 aromatic rings. The van der Waals surface area contributed by atoms with Crippen LogP contribution in [-0.2, 0) is 0 Å². The molecule has 0 fully saturated rings. The zero-order chi connectivity index (χ0) is 9.56. The maximum absolute atomic E-state index is 4.17. The number of aliphatic imine (C=N–C) groups is 1. The van der Waals surface area contributed by atoms with Crippen molar-refractivity contribution in [2.24, 2.45) is 10.9 Å². The number of nitrogens with zero attached hydrogens (tertiary/aromatic N) is 2. The molecule has 2 nitrogen and oxygen atoms in total. The number of rotatable bonds is 2. The lowest BCUT2D eigenvalue weighted by atomic mass is 10.1. The Morgan fingerprint density at radius 3 is 2.17 bits per heavy atom. The largest absolute Gasteiger partial charge is 0.358 e. The highest BCUT2D eigenvalue weighted by atomic mass is 15.2. The highest BCUT2D eigenvalue weighted by Crippen LogP contribution is 2.09. The molecule has 0 bridgehead atoms. The maximum atomic E-state index is 4.17. The minimum Gasteiger partial charge on any atom is -0.358 e. The van der Waals surface area contributed by atoms with Crippen LogP contribution < -0.4 is 0 Å². The Kier molecular flexibility index (Phi) is 5.77. The van der Waals surface area contributed by atoms with E-state index >= 15 is 0 Å². The van der Waals surface area contributed by atoms with Crippen molar-refractivity contribution in [1.29, 1.82) is 0 Å².